The number of benzene rings is 2. The fourth-order valence-corrected chi connectivity index (χ4v) is 8.05. The molecule has 2 atom stereocenters. The van der Waals surface area contributed by atoms with Crippen LogP contribution in [-0.4, -0.2) is 82.3 Å². The van der Waals surface area contributed by atoms with Crippen LogP contribution in [0.2, 0.25) is 0 Å². The SMILES string of the molecule is CC[C@@]1(O)C(=O)OCc2c1cc1n(c2=O)Cc2c-1nc1cc(F)c(OC)cc1c2CN1CCC([N+](C)(C)Cc2ccc(NC(=O)C(C)N)cc2)CC1. The summed E-state index contributed by atoms with van der Waals surface area (Å²) in [6, 6.07) is 12.5. The number of fused-ring (bicyclic) bond motifs is 5. The zero-order valence-electron chi connectivity index (χ0n) is 30.3. The quantitative estimate of drug-likeness (QED) is 0.153. The Hall–Kier alpha value is -4.69. The summed E-state index contributed by atoms with van der Waals surface area (Å²) in [4.78, 5) is 45.8. The van der Waals surface area contributed by atoms with Crippen molar-refractivity contribution in [3.63, 3.8) is 0 Å². The number of aliphatic hydroxyl groups is 1. The lowest BCUT2D eigenvalue weighted by molar-refractivity contribution is -0.929. The molecule has 0 radical (unpaired) electrons. The molecule has 2 aromatic carbocycles. The number of likely N-dealkylation sites (tertiary alicyclic amines) is 1. The number of esters is 1. The number of cyclic esters (lactones) is 1. The lowest BCUT2D eigenvalue weighted by Crippen LogP contribution is -2.53. The Morgan fingerprint density at radius 2 is 1.88 bits per heavy atom. The van der Waals surface area contributed by atoms with Crippen LogP contribution in [0.3, 0.4) is 0 Å². The van der Waals surface area contributed by atoms with Gasteiger partial charge in [0.05, 0.1) is 62.3 Å². The minimum absolute atomic E-state index is 0.0437. The third-order valence-electron chi connectivity index (χ3n) is 11.2. The van der Waals surface area contributed by atoms with Crippen LogP contribution in [-0.2, 0) is 46.2 Å². The number of carbonyl (C=O) groups excluding carboxylic acids is 2. The largest absolute Gasteiger partial charge is 0.494 e. The zero-order chi connectivity index (χ0) is 37.1. The van der Waals surface area contributed by atoms with Crippen molar-refractivity contribution in [2.24, 2.45) is 5.73 Å². The van der Waals surface area contributed by atoms with Crippen molar-refractivity contribution in [3.8, 4) is 17.1 Å². The number of carbonyl (C=O) groups is 2. The molecule has 0 aliphatic carbocycles. The van der Waals surface area contributed by atoms with Gasteiger partial charge in [-0.1, -0.05) is 19.1 Å². The van der Waals surface area contributed by atoms with Crippen LogP contribution in [0.5, 0.6) is 5.75 Å². The van der Waals surface area contributed by atoms with Crippen LogP contribution in [0, 0.1) is 5.82 Å². The van der Waals surface area contributed by atoms with Crippen molar-refractivity contribution in [1.29, 1.82) is 0 Å². The number of quaternary nitrogens is 1. The van der Waals surface area contributed by atoms with E-state index in [4.69, 9.17) is 20.2 Å². The fourth-order valence-electron chi connectivity index (χ4n) is 8.05. The first-order chi connectivity index (χ1) is 24.7. The zero-order valence-corrected chi connectivity index (χ0v) is 30.3. The monoisotopic (exact) mass is 713 g/mol. The standard InChI is InChI=1S/C39H45FN6O6/c1-6-39(50)30-16-33-35-28(19-45(33)37(48)29(30)21-52-38(39)49)27(26-15-34(51-5)31(40)17-32(26)43-35)18-44-13-11-25(12-14-44)46(3,4)20-23-7-9-24(10-8-23)42-36(47)22(2)41/h7-10,15-17,22,25,50H,6,11-14,18-21,41H2,1-5H3/p+1/t22?,39-/m0/s1. The highest BCUT2D eigenvalue weighted by Crippen LogP contribution is 2.41. The van der Waals surface area contributed by atoms with Crippen molar-refractivity contribution in [1.82, 2.24) is 14.5 Å². The van der Waals surface area contributed by atoms with E-state index in [1.54, 1.807) is 30.5 Å². The number of aromatic nitrogens is 2. The number of amides is 1. The van der Waals surface area contributed by atoms with Gasteiger partial charge in [-0.3, -0.25) is 14.5 Å². The average Bonchev–Trinajstić information content (AvgIpc) is 3.49. The molecule has 0 bridgehead atoms. The lowest BCUT2D eigenvalue weighted by atomic mass is 9.86. The summed E-state index contributed by atoms with van der Waals surface area (Å²) in [7, 11) is 5.94. The third-order valence-corrected chi connectivity index (χ3v) is 11.2. The van der Waals surface area contributed by atoms with Crippen molar-refractivity contribution >= 4 is 28.5 Å². The highest BCUT2D eigenvalue weighted by molar-refractivity contribution is 5.94. The van der Waals surface area contributed by atoms with Crippen molar-refractivity contribution in [2.75, 3.05) is 39.6 Å². The normalized spacial score (nSPS) is 19.5. The first-order valence-electron chi connectivity index (χ1n) is 17.8. The van der Waals surface area contributed by atoms with E-state index >= 15 is 4.39 Å². The highest BCUT2D eigenvalue weighted by Gasteiger charge is 2.45. The van der Waals surface area contributed by atoms with Crippen LogP contribution < -0.4 is 21.3 Å². The molecule has 3 aliphatic heterocycles. The van der Waals surface area contributed by atoms with E-state index in [0.717, 1.165) is 59.2 Å². The topological polar surface area (TPSA) is 149 Å². The lowest BCUT2D eigenvalue weighted by Gasteiger charge is -2.43. The number of anilines is 1. The number of piperidine rings is 1. The number of rotatable bonds is 9. The molecule has 12 nitrogen and oxygen atoms in total. The van der Waals surface area contributed by atoms with Gasteiger partial charge in [0, 0.05) is 66.3 Å². The molecule has 0 spiro atoms. The van der Waals surface area contributed by atoms with E-state index < -0.39 is 23.4 Å². The van der Waals surface area contributed by atoms with Gasteiger partial charge >= 0.3 is 5.97 Å². The summed E-state index contributed by atoms with van der Waals surface area (Å²) in [5.74, 6) is -1.43. The molecule has 4 aromatic rings. The van der Waals surface area contributed by atoms with Gasteiger partial charge in [-0.05, 0) is 43.2 Å². The van der Waals surface area contributed by atoms with E-state index in [2.05, 4.69) is 24.3 Å². The maximum Gasteiger partial charge on any atom is 0.343 e. The van der Waals surface area contributed by atoms with E-state index in [-0.39, 0.29) is 47.9 Å². The van der Waals surface area contributed by atoms with Crippen LogP contribution >= 0.6 is 0 Å². The van der Waals surface area contributed by atoms with Gasteiger partial charge in [0.2, 0.25) is 5.91 Å². The Bertz CT molecular complexity index is 2140. The second-order valence-electron chi connectivity index (χ2n) is 14.9. The first-order valence-corrected chi connectivity index (χ1v) is 17.8. The maximum absolute atomic E-state index is 15.1. The summed E-state index contributed by atoms with van der Waals surface area (Å²) in [5.41, 5.74) is 9.07. The van der Waals surface area contributed by atoms with Gasteiger partial charge in [0.15, 0.2) is 17.2 Å². The number of halogens is 1. The number of pyridine rings is 2. The van der Waals surface area contributed by atoms with Gasteiger partial charge in [-0.2, -0.15) is 0 Å². The Morgan fingerprint density at radius 3 is 2.54 bits per heavy atom. The number of hydrogen-bond acceptors (Lipinski definition) is 9. The van der Waals surface area contributed by atoms with Gasteiger partial charge in [0.25, 0.3) is 5.56 Å². The predicted molar refractivity (Wildman–Crippen MR) is 194 cm³/mol. The molecular weight excluding hydrogens is 667 g/mol. The maximum atomic E-state index is 15.1. The molecule has 0 saturated carbocycles. The van der Waals surface area contributed by atoms with Gasteiger partial charge in [-0.15, -0.1) is 0 Å². The minimum Gasteiger partial charge on any atom is -0.494 e. The number of nitrogens with one attached hydrogen (secondary N) is 1. The fraction of sp³-hybridized carbons (Fsp3) is 0.436. The van der Waals surface area contributed by atoms with Gasteiger partial charge in [0.1, 0.15) is 13.2 Å². The number of methoxy groups -OCH3 is 1. The van der Waals surface area contributed by atoms with Crippen LogP contribution in [0.25, 0.3) is 22.3 Å². The average molecular weight is 714 g/mol. The first kappa shape index (κ1) is 35.7. The van der Waals surface area contributed by atoms with E-state index in [9.17, 15) is 19.5 Å². The van der Waals surface area contributed by atoms with E-state index in [1.807, 2.05) is 24.3 Å². The smallest absolute Gasteiger partial charge is 0.343 e. The third kappa shape index (κ3) is 6.15. The molecule has 3 aliphatic rings. The minimum atomic E-state index is -1.94. The van der Waals surface area contributed by atoms with Crippen LogP contribution in [0.4, 0.5) is 10.1 Å². The number of nitrogens with zero attached hydrogens (tertiary/aromatic N) is 4. The molecule has 5 heterocycles. The summed E-state index contributed by atoms with van der Waals surface area (Å²) in [5, 5.41) is 14.9. The number of nitrogens with two attached hydrogens (primary N) is 1. The predicted octanol–water partition coefficient (Wildman–Crippen LogP) is 3.75. The summed E-state index contributed by atoms with van der Waals surface area (Å²) in [6.07, 6.45) is 1.98. The molecule has 1 fully saturated rings. The Kier molecular flexibility index (Phi) is 9.18. The Balaban J connectivity index is 1.16. The molecule has 4 N–H and O–H groups in total. The summed E-state index contributed by atoms with van der Waals surface area (Å²) in [6.45, 7) is 6.45. The molecule has 13 heteroatoms. The molecule has 2 aromatic heterocycles. The molecule has 1 unspecified atom stereocenters. The Labute approximate surface area is 301 Å². The molecule has 52 heavy (non-hydrogen) atoms. The van der Waals surface area contributed by atoms with Crippen molar-refractivity contribution < 1.29 is 33.0 Å². The van der Waals surface area contributed by atoms with Crippen LogP contribution in [0.15, 0.2) is 47.3 Å². The van der Waals surface area contributed by atoms with Crippen molar-refractivity contribution in [3.05, 3.63) is 86.5 Å². The second kappa shape index (κ2) is 13.4. The van der Waals surface area contributed by atoms with E-state index in [0.29, 0.717) is 29.5 Å². The summed E-state index contributed by atoms with van der Waals surface area (Å²) < 4.78 is 28.2. The molecule has 1 saturated heterocycles. The Morgan fingerprint density at radius 1 is 1.17 bits per heavy atom. The number of ether oxygens (including phenoxy) is 2. The van der Waals surface area contributed by atoms with Crippen molar-refractivity contribution in [2.45, 2.75) is 77.0 Å². The molecule has 7 rings (SSSR count). The summed E-state index contributed by atoms with van der Waals surface area (Å²) >= 11 is 0. The van der Waals surface area contributed by atoms with Crippen LogP contribution in [0.1, 0.15) is 60.9 Å². The van der Waals surface area contributed by atoms with Gasteiger partial charge < -0.3 is 34.7 Å². The molecule has 1 amide bonds. The number of hydrogen-bond donors (Lipinski definition) is 3. The van der Waals surface area contributed by atoms with E-state index in [1.165, 1.54) is 18.7 Å². The molecular formula is C39H46FN6O6+. The van der Waals surface area contributed by atoms with Gasteiger partial charge in [-0.25, -0.2) is 14.2 Å². The second-order valence-corrected chi connectivity index (χ2v) is 14.9. The molecule has 274 valence electrons. The highest BCUT2D eigenvalue weighted by atomic mass is 19.1.